The van der Waals surface area contributed by atoms with Crippen LogP contribution in [0.4, 0.5) is 0 Å². The first kappa shape index (κ1) is 26.7. The van der Waals surface area contributed by atoms with Crippen LogP contribution in [-0.2, 0) is 12.8 Å². The van der Waals surface area contributed by atoms with E-state index in [2.05, 4.69) is 48.7 Å². The average Bonchev–Trinajstić information content (AvgIpc) is 2.87. The summed E-state index contributed by atoms with van der Waals surface area (Å²) in [5.74, 6) is 0.958. The lowest BCUT2D eigenvalue weighted by Crippen LogP contribution is -2.37. The lowest BCUT2D eigenvalue weighted by Gasteiger charge is -2.19. The zero-order chi connectivity index (χ0) is 25.0. The summed E-state index contributed by atoms with van der Waals surface area (Å²) < 4.78 is 5.60. The largest absolute Gasteiger partial charge is 0.508 e. The minimum absolute atomic E-state index is 0.196. The zero-order valence-electron chi connectivity index (χ0n) is 20.6. The van der Waals surface area contributed by atoms with Gasteiger partial charge in [-0.2, -0.15) is 0 Å². The number of aliphatic hydroxyl groups is 2. The smallest absolute Gasteiger partial charge is 0.119 e. The second kappa shape index (κ2) is 13.9. The molecule has 6 heteroatoms. The highest BCUT2D eigenvalue weighted by Gasteiger charge is 2.11. The molecule has 0 aliphatic rings. The summed E-state index contributed by atoms with van der Waals surface area (Å²) in [6, 6.07) is 25.2. The molecule has 0 heterocycles. The number of hydrogen-bond donors (Lipinski definition) is 5. The van der Waals surface area contributed by atoms with E-state index in [0.717, 1.165) is 24.2 Å². The second-order valence-electron chi connectivity index (χ2n) is 9.23. The summed E-state index contributed by atoms with van der Waals surface area (Å²) in [6.45, 7) is 5.41. The van der Waals surface area contributed by atoms with Gasteiger partial charge in [-0.05, 0) is 67.6 Å². The predicted octanol–water partition coefficient (Wildman–Crippen LogP) is 3.61. The van der Waals surface area contributed by atoms with Crippen molar-refractivity contribution in [2.45, 2.75) is 51.0 Å². The molecule has 0 aliphatic carbocycles. The Morgan fingerprint density at radius 3 is 1.83 bits per heavy atom. The Kier molecular flexibility index (Phi) is 10.6. The quantitative estimate of drug-likeness (QED) is 0.243. The van der Waals surface area contributed by atoms with Crippen molar-refractivity contribution in [3.8, 4) is 11.5 Å². The Balaban J connectivity index is 1.34. The van der Waals surface area contributed by atoms with Crippen molar-refractivity contribution in [3.63, 3.8) is 0 Å². The number of ether oxygens (including phenoxy) is 1. The number of benzene rings is 3. The fourth-order valence-corrected chi connectivity index (χ4v) is 3.90. The van der Waals surface area contributed by atoms with E-state index in [9.17, 15) is 15.3 Å². The molecule has 188 valence electrons. The first-order valence-electron chi connectivity index (χ1n) is 12.3. The van der Waals surface area contributed by atoms with E-state index in [1.165, 1.54) is 11.1 Å². The van der Waals surface area contributed by atoms with Crippen LogP contribution in [0.1, 0.15) is 36.6 Å². The lowest BCUT2D eigenvalue weighted by molar-refractivity contribution is 0.104. The second-order valence-corrected chi connectivity index (χ2v) is 9.23. The van der Waals surface area contributed by atoms with E-state index in [0.29, 0.717) is 13.1 Å². The summed E-state index contributed by atoms with van der Waals surface area (Å²) in [6.07, 6.45) is 0.558. The normalized spacial score (nSPS) is 14.7. The molecule has 0 spiro atoms. The lowest BCUT2D eigenvalue weighted by atomic mass is 10.0. The van der Waals surface area contributed by atoms with Crippen LogP contribution in [0.5, 0.6) is 11.5 Å². The number of aliphatic hydroxyl groups excluding tert-OH is 2. The van der Waals surface area contributed by atoms with Gasteiger partial charge in [0.15, 0.2) is 0 Å². The Morgan fingerprint density at radius 2 is 1.26 bits per heavy atom. The van der Waals surface area contributed by atoms with Crippen molar-refractivity contribution in [1.29, 1.82) is 0 Å². The molecule has 0 saturated heterocycles. The van der Waals surface area contributed by atoms with Gasteiger partial charge < -0.3 is 30.7 Å². The molecule has 35 heavy (non-hydrogen) atoms. The molecular formula is C29H38N2O4. The summed E-state index contributed by atoms with van der Waals surface area (Å²) in [5, 5.41) is 36.7. The van der Waals surface area contributed by atoms with Crippen molar-refractivity contribution < 1.29 is 20.1 Å². The number of hydrogen-bond acceptors (Lipinski definition) is 6. The first-order valence-corrected chi connectivity index (χ1v) is 12.3. The van der Waals surface area contributed by atoms with E-state index >= 15 is 0 Å². The first-order chi connectivity index (χ1) is 16.9. The minimum atomic E-state index is -0.613. The van der Waals surface area contributed by atoms with Gasteiger partial charge in [0.1, 0.15) is 24.2 Å². The highest BCUT2D eigenvalue weighted by atomic mass is 16.5. The Morgan fingerprint density at radius 1 is 0.714 bits per heavy atom. The van der Waals surface area contributed by atoms with Gasteiger partial charge in [-0.15, -0.1) is 0 Å². The van der Waals surface area contributed by atoms with Crippen LogP contribution in [0.25, 0.3) is 0 Å². The van der Waals surface area contributed by atoms with E-state index in [1.807, 2.05) is 30.3 Å². The van der Waals surface area contributed by atoms with Gasteiger partial charge >= 0.3 is 0 Å². The Bertz CT molecular complexity index is 980. The third kappa shape index (κ3) is 9.70. The fraction of sp³-hybridized carbons (Fsp3) is 0.379. The monoisotopic (exact) mass is 478 g/mol. The van der Waals surface area contributed by atoms with Gasteiger partial charge in [0, 0.05) is 25.2 Å². The SMILES string of the molecule is CC(Cc1ccc(CC(C)NC[C@@H](O)COc2ccccc2)cc1)NCC(O)c1ccc(O)cc1. The van der Waals surface area contributed by atoms with Gasteiger partial charge in [-0.1, -0.05) is 54.6 Å². The third-order valence-corrected chi connectivity index (χ3v) is 5.93. The van der Waals surface area contributed by atoms with Crippen LogP contribution in [0.15, 0.2) is 78.9 Å². The van der Waals surface area contributed by atoms with E-state index in [4.69, 9.17) is 4.74 Å². The summed E-state index contributed by atoms with van der Waals surface area (Å²) in [4.78, 5) is 0. The highest BCUT2D eigenvalue weighted by Crippen LogP contribution is 2.16. The van der Waals surface area contributed by atoms with Crippen LogP contribution >= 0.6 is 0 Å². The van der Waals surface area contributed by atoms with Gasteiger partial charge in [-0.25, -0.2) is 0 Å². The number of rotatable bonds is 14. The van der Waals surface area contributed by atoms with Crippen molar-refractivity contribution in [3.05, 3.63) is 95.6 Å². The van der Waals surface area contributed by atoms with Gasteiger partial charge in [-0.3, -0.25) is 0 Å². The molecule has 3 rings (SSSR count). The van der Waals surface area contributed by atoms with Crippen molar-refractivity contribution >= 4 is 0 Å². The van der Waals surface area contributed by atoms with Gasteiger partial charge in [0.25, 0.3) is 0 Å². The van der Waals surface area contributed by atoms with Crippen LogP contribution in [0, 0.1) is 0 Å². The molecule has 4 atom stereocenters. The van der Waals surface area contributed by atoms with Crippen molar-refractivity contribution in [1.82, 2.24) is 10.6 Å². The standard InChI is InChI=1S/C29H38N2O4/c1-21(30-18-27(33)20-35-28-6-4-3-5-7-28)16-23-8-10-24(11-9-23)17-22(2)31-19-29(34)25-12-14-26(32)15-13-25/h3-15,21-22,27,29-34H,16-20H2,1-2H3/t21?,22?,27-,29?/m1/s1. The number of para-hydroxylation sites is 1. The molecule has 0 saturated carbocycles. The number of phenols is 1. The summed E-state index contributed by atoms with van der Waals surface area (Å²) in [5.41, 5.74) is 3.26. The van der Waals surface area contributed by atoms with Gasteiger partial charge in [0.05, 0.1) is 6.10 Å². The number of aromatic hydroxyl groups is 1. The highest BCUT2D eigenvalue weighted by molar-refractivity contribution is 5.27. The molecule has 0 bridgehead atoms. The molecule has 6 nitrogen and oxygen atoms in total. The minimum Gasteiger partial charge on any atom is -0.508 e. The van der Waals surface area contributed by atoms with Crippen molar-refractivity contribution in [2.75, 3.05) is 19.7 Å². The van der Waals surface area contributed by atoms with Crippen LogP contribution < -0.4 is 15.4 Å². The molecule has 3 aromatic rings. The van der Waals surface area contributed by atoms with Crippen LogP contribution in [0.2, 0.25) is 0 Å². The molecular weight excluding hydrogens is 440 g/mol. The van der Waals surface area contributed by atoms with Crippen molar-refractivity contribution in [2.24, 2.45) is 0 Å². The maximum absolute atomic E-state index is 10.3. The van der Waals surface area contributed by atoms with Gasteiger partial charge in [0.2, 0.25) is 0 Å². The summed E-state index contributed by atoms with van der Waals surface area (Å²) in [7, 11) is 0. The molecule has 0 amide bonds. The molecule has 3 unspecified atom stereocenters. The molecule has 0 fully saturated rings. The Labute approximate surface area is 208 Å². The molecule has 0 radical (unpaired) electrons. The fourth-order valence-electron chi connectivity index (χ4n) is 3.90. The topological polar surface area (TPSA) is 94.0 Å². The molecule has 0 aromatic heterocycles. The van der Waals surface area contributed by atoms with E-state index < -0.39 is 12.2 Å². The number of nitrogens with one attached hydrogen (secondary N) is 2. The maximum Gasteiger partial charge on any atom is 0.119 e. The average molecular weight is 479 g/mol. The Hall–Kier alpha value is -2.90. The zero-order valence-corrected chi connectivity index (χ0v) is 20.6. The molecule has 0 aliphatic heterocycles. The van der Waals surface area contributed by atoms with Crippen LogP contribution in [0.3, 0.4) is 0 Å². The number of phenolic OH excluding ortho intramolecular Hbond substituents is 1. The third-order valence-electron chi connectivity index (χ3n) is 5.93. The molecule has 3 aromatic carbocycles. The molecule has 5 N–H and O–H groups in total. The van der Waals surface area contributed by atoms with Crippen LogP contribution in [-0.4, -0.2) is 53.2 Å². The van der Waals surface area contributed by atoms with E-state index in [-0.39, 0.29) is 24.4 Å². The summed E-state index contributed by atoms with van der Waals surface area (Å²) >= 11 is 0. The van der Waals surface area contributed by atoms with E-state index in [1.54, 1.807) is 24.3 Å². The predicted molar refractivity (Wildman–Crippen MR) is 140 cm³/mol. The maximum atomic E-state index is 10.3.